The van der Waals surface area contributed by atoms with E-state index in [1.54, 1.807) is 0 Å². The highest BCUT2D eigenvalue weighted by Gasteiger charge is 2.48. The second kappa shape index (κ2) is 12.7. The summed E-state index contributed by atoms with van der Waals surface area (Å²) in [7, 11) is -8.22. The first kappa shape index (κ1) is 30.5. The number of hydrogen-bond donors (Lipinski definition) is 0. The van der Waals surface area contributed by atoms with Gasteiger partial charge in [0.05, 0.1) is 0 Å². The summed E-state index contributed by atoms with van der Waals surface area (Å²) in [6, 6.07) is 32.1. The second-order valence-electron chi connectivity index (χ2n) is 8.86. The molecule has 0 aromatic heterocycles. The molecule has 0 heterocycles. The van der Waals surface area contributed by atoms with Crippen LogP contribution in [0.4, 0.5) is 13.2 Å². The molecule has 0 radical (unpaired) electrons. The molecule has 0 atom stereocenters. The molecule has 3 rings (SSSR count). The van der Waals surface area contributed by atoms with Gasteiger partial charge in [0.15, 0.2) is 16.3 Å². The molecule has 1 amide bonds. The maximum absolute atomic E-state index is 13.7. The van der Waals surface area contributed by atoms with Crippen LogP contribution in [0.25, 0.3) is 0 Å². The van der Waals surface area contributed by atoms with E-state index in [-0.39, 0.29) is 18.0 Å². The summed E-state index contributed by atoms with van der Waals surface area (Å²) in [4.78, 5) is 15.7. The Morgan fingerprint density at radius 2 is 1.03 bits per heavy atom. The number of carbonyl (C=O) groups is 1. The lowest BCUT2D eigenvalue weighted by Gasteiger charge is -2.34. The van der Waals surface area contributed by atoms with Crippen LogP contribution in [0.2, 0.25) is 0 Å². The summed E-state index contributed by atoms with van der Waals surface area (Å²) in [5.74, 6) is 0.222. The molecule has 0 saturated heterocycles. The van der Waals surface area contributed by atoms with Crippen LogP contribution < -0.4 is 15.9 Å². The molecular weight excluding hydrogens is 522 g/mol. The first-order valence-corrected chi connectivity index (χ1v) is 15.0. The van der Waals surface area contributed by atoms with E-state index in [0.29, 0.717) is 6.16 Å². The molecule has 10 heteroatoms. The third-order valence-electron chi connectivity index (χ3n) is 5.65. The lowest BCUT2D eigenvalue weighted by molar-refractivity contribution is -0.131. The topological polar surface area (TPSA) is 77.5 Å². The van der Waals surface area contributed by atoms with Crippen molar-refractivity contribution in [2.75, 3.05) is 6.16 Å². The van der Waals surface area contributed by atoms with Crippen LogP contribution in [0.5, 0.6) is 0 Å². The number of alkyl halides is 3. The number of carbonyl (C=O) groups excluding carboxylic acids is 1. The normalized spacial score (nSPS) is 12.2. The molecular formula is C27H31F3NO4PS. The fourth-order valence-corrected chi connectivity index (χ4v) is 8.28. The van der Waals surface area contributed by atoms with Gasteiger partial charge in [0.25, 0.3) is 5.91 Å². The standard InChI is InChI=1S/C26H31NOP.CHF3O3S/c1-21(2)27(22(3)4)26(28)20-29(23-14-8-5-9-15-23,24-16-10-6-11-17-24)25-18-12-7-13-19-25;2-1(3,4)8(5,6)7/h5-19,21-22H,20H2,1-4H3;(H,5,6,7)/q+1;/p-1. The van der Waals surface area contributed by atoms with Gasteiger partial charge in [-0.1, -0.05) is 54.6 Å². The SMILES string of the molecule is CC(C)N(C(=O)C[P+](c1ccccc1)(c1ccccc1)c1ccccc1)C(C)C.O=S(=O)([O-])C(F)(F)F. The van der Waals surface area contributed by atoms with Gasteiger partial charge in [-0.3, -0.25) is 4.79 Å². The van der Waals surface area contributed by atoms with Gasteiger partial charge >= 0.3 is 5.51 Å². The van der Waals surface area contributed by atoms with Crippen molar-refractivity contribution < 1.29 is 30.9 Å². The van der Waals surface area contributed by atoms with Crippen molar-refractivity contribution in [2.45, 2.75) is 45.3 Å². The van der Waals surface area contributed by atoms with Crippen molar-refractivity contribution in [3.05, 3.63) is 91.0 Å². The van der Waals surface area contributed by atoms with Crippen LogP contribution in [0.15, 0.2) is 91.0 Å². The van der Waals surface area contributed by atoms with Gasteiger partial charge in [-0.2, -0.15) is 13.2 Å². The number of hydrogen-bond acceptors (Lipinski definition) is 4. The third-order valence-corrected chi connectivity index (χ3v) is 10.5. The Kier molecular flexibility index (Phi) is 10.4. The first-order chi connectivity index (χ1) is 17.2. The van der Waals surface area contributed by atoms with Crippen LogP contribution in [-0.2, 0) is 14.9 Å². The summed E-state index contributed by atoms with van der Waals surface area (Å²) in [6.45, 7) is 8.41. The predicted octanol–water partition coefficient (Wildman–Crippen LogP) is 4.68. The first-order valence-electron chi connectivity index (χ1n) is 11.6. The van der Waals surface area contributed by atoms with E-state index in [9.17, 15) is 18.0 Å². The molecule has 37 heavy (non-hydrogen) atoms. The highest BCUT2D eigenvalue weighted by atomic mass is 32.2. The van der Waals surface area contributed by atoms with E-state index in [1.165, 1.54) is 15.9 Å². The molecule has 0 aliphatic carbocycles. The Labute approximate surface area is 217 Å². The number of rotatable bonds is 7. The summed E-state index contributed by atoms with van der Waals surface area (Å²) >= 11 is 0. The minimum absolute atomic E-state index is 0.173. The van der Waals surface area contributed by atoms with Gasteiger partial charge in [0.1, 0.15) is 23.2 Å². The maximum atomic E-state index is 13.7. The van der Waals surface area contributed by atoms with E-state index >= 15 is 0 Å². The molecule has 0 spiro atoms. The van der Waals surface area contributed by atoms with Crippen molar-refractivity contribution >= 4 is 39.2 Å². The molecule has 3 aromatic rings. The maximum Gasteiger partial charge on any atom is 0.485 e. The van der Waals surface area contributed by atoms with Gasteiger partial charge in [-0.15, -0.1) is 0 Å². The molecule has 0 aliphatic heterocycles. The monoisotopic (exact) mass is 553 g/mol. The van der Waals surface area contributed by atoms with Crippen LogP contribution in [0.3, 0.4) is 0 Å². The molecule has 3 aromatic carbocycles. The van der Waals surface area contributed by atoms with Crippen molar-refractivity contribution in [2.24, 2.45) is 0 Å². The number of amides is 1. The zero-order valence-electron chi connectivity index (χ0n) is 21.1. The van der Waals surface area contributed by atoms with E-state index in [4.69, 9.17) is 13.0 Å². The Balaban J connectivity index is 0.000000521. The molecule has 0 unspecified atom stereocenters. The van der Waals surface area contributed by atoms with Gasteiger partial charge < -0.3 is 9.45 Å². The smallest absolute Gasteiger partial charge is 0.485 e. The minimum atomic E-state index is -6.09. The van der Waals surface area contributed by atoms with E-state index in [1.807, 2.05) is 23.1 Å². The summed E-state index contributed by atoms with van der Waals surface area (Å²) in [6.07, 6.45) is 0.501. The highest BCUT2D eigenvalue weighted by Crippen LogP contribution is 2.55. The van der Waals surface area contributed by atoms with Gasteiger partial charge in [0, 0.05) is 12.1 Å². The minimum Gasteiger partial charge on any atom is -0.741 e. The lowest BCUT2D eigenvalue weighted by atomic mass is 10.2. The van der Waals surface area contributed by atoms with Crippen LogP contribution in [-0.4, -0.2) is 47.5 Å². The molecule has 0 saturated carbocycles. The number of benzene rings is 3. The van der Waals surface area contributed by atoms with Gasteiger partial charge in [-0.05, 0) is 64.1 Å². The largest absolute Gasteiger partial charge is 0.741 e. The zero-order valence-corrected chi connectivity index (χ0v) is 22.8. The van der Waals surface area contributed by atoms with Crippen molar-refractivity contribution in [1.29, 1.82) is 0 Å². The van der Waals surface area contributed by atoms with Crippen LogP contribution >= 0.6 is 7.26 Å². The Morgan fingerprint density at radius 3 is 1.24 bits per heavy atom. The Bertz CT molecular complexity index is 1130. The average Bonchev–Trinajstić information content (AvgIpc) is 2.83. The molecule has 0 fully saturated rings. The van der Waals surface area contributed by atoms with Gasteiger partial charge in [-0.25, -0.2) is 8.42 Å². The third kappa shape index (κ3) is 7.63. The molecule has 5 nitrogen and oxygen atoms in total. The quantitative estimate of drug-likeness (QED) is 0.242. The lowest BCUT2D eigenvalue weighted by Crippen LogP contribution is -2.47. The van der Waals surface area contributed by atoms with E-state index in [0.717, 1.165) is 0 Å². The summed E-state index contributed by atoms with van der Waals surface area (Å²) in [5, 5.41) is 3.75. The second-order valence-corrected chi connectivity index (χ2v) is 13.7. The predicted molar refractivity (Wildman–Crippen MR) is 143 cm³/mol. The Hall–Kier alpha value is -2.74. The Morgan fingerprint density at radius 1 is 0.757 bits per heavy atom. The zero-order chi connectivity index (χ0) is 27.9. The summed E-state index contributed by atoms with van der Waals surface area (Å²) in [5.41, 5.74) is -5.65. The van der Waals surface area contributed by atoms with E-state index in [2.05, 4.69) is 100 Å². The highest BCUT2D eigenvalue weighted by molar-refractivity contribution is 7.96. The summed E-state index contributed by atoms with van der Waals surface area (Å²) < 4.78 is 58.9. The van der Waals surface area contributed by atoms with Gasteiger partial charge in [0.2, 0.25) is 0 Å². The van der Waals surface area contributed by atoms with Crippen molar-refractivity contribution in [1.82, 2.24) is 4.90 Å². The number of halogens is 3. The van der Waals surface area contributed by atoms with Crippen LogP contribution in [0.1, 0.15) is 27.7 Å². The van der Waals surface area contributed by atoms with E-state index < -0.39 is 22.9 Å². The van der Waals surface area contributed by atoms with Crippen molar-refractivity contribution in [3.8, 4) is 0 Å². The van der Waals surface area contributed by atoms with Crippen LogP contribution in [0, 0.1) is 0 Å². The van der Waals surface area contributed by atoms with Crippen molar-refractivity contribution in [3.63, 3.8) is 0 Å². The fraction of sp³-hybridized carbons (Fsp3) is 0.296. The fourth-order valence-electron chi connectivity index (χ4n) is 4.23. The number of nitrogens with zero attached hydrogens (tertiary/aromatic N) is 1. The molecule has 0 N–H and O–H groups in total. The molecule has 0 aliphatic rings. The molecule has 200 valence electrons. The molecule has 0 bridgehead atoms. The average molecular weight is 554 g/mol.